The lowest BCUT2D eigenvalue weighted by Gasteiger charge is -2.60. The van der Waals surface area contributed by atoms with Gasteiger partial charge in [0.15, 0.2) is 0 Å². The Hall–Kier alpha value is -0.540. The molecule has 2 fully saturated rings. The van der Waals surface area contributed by atoms with E-state index >= 15 is 0 Å². The molecule has 6 atom stereocenters. The summed E-state index contributed by atoms with van der Waals surface area (Å²) in [5.41, 5.74) is 3.02. The van der Waals surface area contributed by atoms with Crippen molar-refractivity contribution < 1.29 is 0 Å². The molecule has 2 saturated carbocycles. The second-order valence-corrected chi connectivity index (χ2v) is 9.02. The van der Waals surface area contributed by atoms with Crippen LogP contribution in [-0.4, -0.2) is 9.97 Å². The topological polar surface area (TPSA) is 25.8 Å². The van der Waals surface area contributed by atoms with Crippen LogP contribution >= 0.6 is 46.4 Å². The molecule has 1 aromatic carbocycles. The normalized spacial score (nSPS) is 45.4. The third-order valence-corrected chi connectivity index (χ3v) is 8.71. The zero-order valence-electron chi connectivity index (χ0n) is 11.7. The predicted octanol–water partition coefficient (Wildman–Crippen LogP) is 5.10. The third-order valence-electron chi connectivity index (χ3n) is 6.21. The fourth-order valence-corrected chi connectivity index (χ4v) is 7.05. The molecular weight excluding hydrogens is 374 g/mol. The second kappa shape index (κ2) is 3.83. The van der Waals surface area contributed by atoms with E-state index in [9.17, 15) is 0 Å². The number of halogens is 4. The lowest BCUT2D eigenvalue weighted by atomic mass is 9.52. The summed E-state index contributed by atoms with van der Waals surface area (Å²) in [6, 6.07) is 7.75. The molecule has 23 heavy (non-hydrogen) atoms. The Morgan fingerprint density at radius 3 is 1.70 bits per heavy atom. The molecule has 6 heteroatoms. The van der Waals surface area contributed by atoms with Crippen LogP contribution in [-0.2, 0) is 9.75 Å². The molecule has 5 aliphatic carbocycles. The van der Waals surface area contributed by atoms with Crippen molar-refractivity contribution in [2.24, 2.45) is 23.7 Å². The Morgan fingerprint density at radius 1 is 0.826 bits per heavy atom. The van der Waals surface area contributed by atoms with Crippen LogP contribution in [0.3, 0.4) is 0 Å². The molecule has 2 bridgehead atoms. The van der Waals surface area contributed by atoms with Crippen molar-refractivity contribution >= 4 is 57.4 Å². The van der Waals surface area contributed by atoms with Crippen LogP contribution in [0.2, 0.25) is 0 Å². The van der Waals surface area contributed by atoms with Crippen LogP contribution in [0.25, 0.3) is 11.0 Å². The van der Waals surface area contributed by atoms with E-state index in [0.29, 0.717) is 33.3 Å². The number of hydrogen-bond donors (Lipinski definition) is 0. The number of allylic oxidation sites excluding steroid dienone is 2. The molecule has 0 aliphatic heterocycles. The Bertz CT molecular complexity index is 882. The quantitative estimate of drug-likeness (QED) is 0.591. The van der Waals surface area contributed by atoms with E-state index in [0.717, 1.165) is 17.5 Å². The van der Waals surface area contributed by atoms with Crippen LogP contribution in [0.15, 0.2) is 34.3 Å². The largest absolute Gasteiger partial charge is 0.247 e. The Morgan fingerprint density at radius 2 is 1.26 bits per heavy atom. The molecule has 5 aliphatic rings. The minimum atomic E-state index is -0.871. The zero-order chi connectivity index (χ0) is 15.7. The Balaban J connectivity index is 1.77. The van der Waals surface area contributed by atoms with Gasteiger partial charge in [0.2, 0.25) is 0 Å². The van der Waals surface area contributed by atoms with Crippen LogP contribution in [0.4, 0.5) is 0 Å². The molecule has 2 nitrogen and oxygen atoms in total. The lowest BCUT2D eigenvalue weighted by Crippen LogP contribution is -2.61. The molecule has 1 heterocycles. The number of rotatable bonds is 0. The Labute approximate surface area is 152 Å². The average Bonchev–Trinajstić information content (AvgIpc) is 3.22. The minimum absolute atomic E-state index is 0.213. The molecule has 2 aromatic rings. The van der Waals surface area contributed by atoms with E-state index in [4.69, 9.17) is 56.4 Å². The first-order valence-corrected chi connectivity index (χ1v) is 9.22. The number of benzene rings is 1. The van der Waals surface area contributed by atoms with Crippen molar-refractivity contribution in [2.75, 3.05) is 0 Å². The van der Waals surface area contributed by atoms with Gasteiger partial charge in [-0.1, -0.05) is 35.3 Å². The van der Waals surface area contributed by atoms with E-state index in [1.54, 1.807) is 0 Å². The maximum Gasteiger partial charge on any atom is 0.128 e. The molecule has 1 aromatic heterocycles. The van der Waals surface area contributed by atoms with Gasteiger partial charge in [0.1, 0.15) is 9.75 Å². The highest BCUT2D eigenvalue weighted by Gasteiger charge is 2.80. The summed E-state index contributed by atoms with van der Waals surface area (Å²) < 4.78 is 0. The van der Waals surface area contributed by atoms with Gasteiger partial charge in [0, 0.05) is 0 Å². The molecule has 7 rings (SSSR count). The molecule has 0 spiro atoms. The molecule has 0 radical (unpaired) electrons. The van der Waals surface area contributed by atoms with E-state index in [-0.39, 0.29) is 11.8 Å². The number of para-hydroxylation sites is 2. The summed E-state index contributed by atoms with van der Waals surface area (Å²) in [4.78, 5) is 7.89. The van der Waals surface area contributed by atoms with Gasteiger partial charge in [-0.3, -0.25) is 0 Å². The van der Waals surface area contributed by atoms with Gasteiger partial charge in [-0.15, -0.1) is 23.2 Å². The van der Waals surface area contributed by atoms with Crippen LogP contribution in [0, 0.1) is 23.7 Å². The van der Waals surface area contributed by atoms with Crippen molar-refractivity contribution in [3.8, 4) is 0 Å². The average molecular weight is 384 g/mol. The van der Waals surface area contributed by atoms with E-state index in [2.05, 4.69) is 0 Å². The van der Waals surface area contributed by atoms with Crippen molar-refractivity contribution in [2.45, 2.75) is 16.2 Å². The van der Waals surface area contributed by atoms with E-state index in [1.165, 1.54) is 0 Å². The third kappa shape index (κ3) is 1.26. The molecular formula is C17H10Cl4N2. The van der Waals surface area contributed by atoms with Crippen molar-refractivity contribution in [3.63, 3.8) is 0 Å². The summed E-state index contributed by atoms with van der Waals surface area (Å²) in [7, 11) is 0. The van der Waals surface area contributed by atoms with Crippen LogP contribution < -0.4 is 0 Å². The van der Waals surface area contributed by atoms with Crippen LogP contribution in [0.1, 0.15) is 17.8 Å². The summed E-state index contributed by atoms with van der Waals surface area (Å²) in [5.74, 6) is 1.61. The van der Waals surface area contributed by atoms with Gasteiger partial charge in [0.05, 0.1) is 32.5 Å². The first-order valence-electron chi connectivity index (χ1n) is 7.70. The lowest BCUT2D eigenvalue weighted by molar-refractivity contribution is 0.0549. The highest BCUT2D eigenvalue weighted by atomic mass is 35.5. The highest BCUT2D eigenvalue weighted by Crippen LogP contribution is 2.82. The van der Waals surface area contributed by atoms with Crippen molar-refractivity contribution in [1.29, 1.82) is 0 Å². The second-order valence-electron chi connectivity index (χ2n) is 7.08. The fraction of sp³-hybridized carbons (Fsp3) is 0.412. The summed E-state index contributed by atoms with van der Waals surface area (Å²) in [5, 5.41) is 0.888. The number of hydrogen-bond acceptors (Lipinski definition) is 2. The number of alkyl halides is 2. The molecule has 0 unspecified atom stereocenters. The SMILES string of the molecule is ClC1=C(Cl)[C@]2(Cl)c3nc4ccccc4nc3[C@@]1(Cl)[C@H]1[C@@H]3C[C@@H]3[C@@H]12. The zero-order valence-corrected chi connectivity index (χ0v) is 14.8. The molecule has 0 saturated heterocycles. The smallest absolute Gasteiger partial charge is 0.128 e. The van der Waals surface area contributed by atoms with E-state index < -0.39 is 9.75 Å². The van der Waals surface area contributed by atoms with E-state index in [1.807, 2.05) is 24.3 Å². The first-order chi connectivity index (χ1) is 11.0. The maximum atomic E-state index is 7.12. The number of nitrogens with zero attached hydrogens (tertiary/aromatic N) is 2. The molecule has 0 amide bonds. The van der Waals surface area contributed by atoms with Gasteiger partial charge >= 0.3 is 0 Å². The summed E-state index contributed by atoms with van der Waals surface area (Å²) in [6.45, 7) is 0. The summed E-state index contributed by atoms with van der Waals surface area (Å²) in [6.07, 6.45) is 1.15. The predicted molar refractivity (Wildman–Crippen MR) is 91.9 cm³/mol. The van der Waals surface area contributed by atoms with Crippen molar-refractivity contribution in [3.05, 3.63) is 45.7 Å². The molecule has 116 valence electrons. The van der Waals surface area contributed by atoms with Crippen molar-refractivity contribution in [1.82, 2.24) is 9.97 Å². The Kier molecular flexibility index (Phi) is 2.28. The minimum Gasteiger partial charge on any atom is -0.247 e. The fourth-order valence-electron chi connectivity index (χ4n) is 5.18. The number of aromatic nitrogens is 2. The van der Waals surface area contributed by atoms with Gasteiger partial charge in [0.25, 0.3) is 0 Å². The standard InChI is InChI=1S/C17H10Cl4N2/c18-12-13(19)17(21)11-7-5-6(7)10(11)16(12,20)14-15(17)23-9-4-2-1-3-8(9)22-14/h1-4,6-7,10-11H,5H2/t6-,7+,10-,11-,16-,17+/m0/s1. The monoisotopic (exact) mass is 382 g/mol. The van der Waals surface area contributed by atoms with Gasteiger partial charge in [-0.25, -0.2) is 9.97 Å². The van der Waals surface area contributed by atoms with Gasteiger partial charge < -0.3 is 0 Å². The highest BCUT2D eigenvalue weighted by molar-refractivity contribution is 6.49. The maximum absolute atomic E-state index is 7.12. The van der Waals surface area contributed by atoms with Crippen LogP contribution in [0.5, 0.6) is 0 Å². The van der Waals surface area contributed by atoms with Gasteiger partial charge in [-0.2, -0.15) is 0 Å². The molecule has 0 N–H and O–H groups in total. The van der Waals surface area contributed by atoms with Gasteiger partial charge in [-0.05, 0) is 42.2 Å². The number of fused-ring (bicyclic) bond motifs is 2. The summed E-state index contributed by atoms with van der Waals surface area (Å²) >= 11 is 27.5. The first kappa shape index (κ1) is 13.7.